The maximum absolute atomic E-state index is 13.2. The van der Waals surface area contributed by atoms with E-state index in [1.807, 2.05) is 30.3 Å². The Labute approximate surface area is 188 Å². The molecule has 0 aromatic heterocycles. The number of carbonyl (C=O) groups excluding carboxylic acids is 2. The van der Waals surface area contributed by atoms with Crippen molar-refractivity contribution >= 4 is 40.2 Å². The Morgan fingerprint density at radius 2 is 1.52 bits per heavy atom. The van der Waals surface area contributed by atoms with E-state index in [1.165, 1.54) is 4.90 Å². The van der Waals surface area contributed by atoms with Gasteiger partial charge in [-0.05, 0) is 42.0 Å². The summed E-state index contributed by atoms with van der Waals surface area (Å²) in [6, 6.07) is 23.2. The molecule has 6 nitrogen and oxygen atoms in total. The number of benzene rings is 3. The first-order valence-corrected chi connectivity index (χ1v) is 11.1. The maximum atomic E-state index is 13.2. The fourth-order valence-electron chi connectivity index (χ4n) is 2.95. The van der Waals surface area contributed by atoms with Gasteiger partial charge in [-0.15, -0.1) is 0 Å². The summed E-state index contributed by atoms with van der Waals surface area (Å²) >= 11 is 5.94. The fourth-order valence-corrected chi connectivity index (χ4v) is 3.83. The summed E-state index contributed by atoms with van der Waals surface area (Å²) in [4.78, 5) is 27.6. The number of halogens is 1. The Morgan fingerprint density at radius 3 is 2.13 bits per heavy atom. The van der Waals surface area contributed by atoms with E-state index < -0.39 is 23.1 Å². The molecule has 2 atom stereocenters. The van der Waals surface area contributed by atoms with Crippen molar-refractivity contribution in [3.63, 3.8) is 0 Å². The number of carbonyl (C=O) groups is 2. The van der Waals surface area contributed by atoms with Gasteiger partial charge < -0.3 is 10.2 Å². The number of likely N-dealkylation sites (N-methyl/N-ethyl adjacent to an activating group) is 1. The molecule has 2 N–H and O–H groups in total. The van der Waals surface area contributed by atoms with E-state index in [4.69, 9.17) is 11.6 Å². The first-order valence-electron chi connectivity index (χ1n) is 9.55. The van der Waals surface area contributed by atoms with Crippen molar-refractivity contribution in [2.45, 2.75) is 17.4 Å². The van der Waals surface area contributed by atoms with E-state index in [0.29, 0.717) is 15.6 Å². The van der Waals surface area contributed by atoms with Gasteiger partial charge in [0.15, 0.2) is 11.0 Å². The number of urea groups is 1. The van der Waals surface area contributed by atoms with Crippen molar-refractivity contribution in [3.8, 4) is 0 Å². The number of hydrogen-bond donors (Lipinski definition) is 2. The van der Waals surface area contributed by atoms with Crippen molar-refractivity contribution in [1.82, 2.24) is 10.0 Å². The Balaban J connectivity index is 1.75. The second-order valence-corrected chi connectivity index (χ2v) is 8.42. The molecule has 0 saturated carbocycles. The monoisotopic (exact) mass is 455 g/mol. The third-order valence-electron chi connectivity index (χ3n) is 4.57. The van der Waals surface area contributed by atoms with E-state index in [2.05, 4.69) is 10.0 Å². The topological polar surface area (TPSA) is 78.5 Å². The molecule has 3 aromatic rings. The first kappa shape index (κ1) is 22.5. The maximum Gasteiger partial charge on any atom is 0.327 e. The molecule has 2 unspecified atom stereocenters. The summed E-state index contributed by atoms with van der Waals surface area (Å²) in [5.41, 5.74) is 1.53. The van der Waals surface area contributed by atoms with Crippen LogP contribution >= 0.6 is 11.6 Å². The Hall–Kier alpha value is -3.16. The summed E-state index contributed by atoms with van der Waals surface area (Å²) in [5, 5.41) is 3.23. The minimum atomic E-state index is -1.74. The van der Waals surface area contributed by atoms with Gasteiger partial charge in [0, 0.05) is 24.2 Å². The fraction of sp³-hybridized carbons (Fsp3) is 0.130. The lowest BCUT2D eigenvalue weighted by molar-refractivity contribution is -0.120. The number of amides is 3. The summed E-state index contributed by atoms with van der Waals surface area (Å²) in [7, 11) is -0.110. The normalized spacial score (nSPS) is 12.5. The van der Waals surface area contributed by atoms with Gasteiger partial charge in [-0.1, -0.05) is 60.1 Å². The molecule has 0 bridgehead atoms. The van der Waals surface area contributed by atoms with E-state index in [1.54, 1.807) is 61.6 Å². The minimum absolute atomic E-state index is 0.281. The molecule has 8 heteroatoms. The smallest absolute Gasteiger partial charge is 0.325 e. The van der Waals surface area contributed by atoms with Crippen LogP contribution in [0.5, 0.6) is 0 Å². The number of nitrogens with one attached hydrogen (secondary N) is 2. The summed E-state index contributed by atoms with van der Waals surface area (Å²) in [6.45, 7) is 0. The predicted molar refractivity (Wildman–Crippen MR) is 123 cm³/mol. The van der Waals surface area contributed by atoms with Gasteiger partial charge in [0.1, 0.15) is 6.04 Å². The van der Waals surface area contributed by atoms with Gasteiger partial charge in [-0.2, -0.15) is 0 Å². The number of hydrogen-bond acceptors (Lipinski definition) is 3. The quantitative estimate of drug-likeness (QED) is 0.566. The second-order valence-electron chi connectivity index (χ2n) is 6.77. The van der Waals surface area contributed by atoms with Crippen LogP contribution in [-0.4, -0.2) is 29.2 Å². The first-order chi connectivity index (χ1) is 14.9. The van der Waals surface area contributed by atoms with Gasteiger partial charge in [0.25, 0.3) is 0 Å². The molecule has 0 heterocycles. The van der Waals surface area contributed by atoms with E-state index in [-0.39, 0.29) is 12.3 Å². The van der Waals surface area contributed by atoms with Crippen molar-refractivity contribution in [3.05, 3.63) is 95.5 Å². The van der Waals surface area contributed by atoms with Crippen LogP contribution in [0.25, 0.3) is 0 Å². The number of nitrogens with zero attached hydrogens (tertiary/aromatic N) is 1. The SMILES string of the molecule is CN(C(=O)C(Cc1ccccc1)NC(=O)NS(=O)c1ccccc1)c1ccc(Cl)cc1. The Morgan fingerprint density at radius 1 is 0.935 bits per heavy atom. The lowest BCUT2D eigenvalue weighted by Crippen LogP contribution is -2.51. The van der Waals surface area contributed by atoms with Gasteiger partial charge in [-0.3, -0.25) is 9.52 Å². The Bertz CT molecular complexity index is 1050. The largest absolute Gasteiger partial charge is 0.327 e. The average Bonchev–Trinajstić information content (AvgIpc) is 2.79. The molecule has 3 amide bonds. The highest BCUT2D eigenvalue weighted by Crippen LogP contribution is 2.18. The predicted octanol–water partition coefficient (Wildman–Crippen LogP) is 3.94. The number of anilines is 1. The van der Waals surface area contributed by atoms with Crippen LogP contribution in [-0.2, 0) is 22.2 Å². The molecule has 160 valence electrons. The van der Waals surface area contributed by atoms with Gasteiger partial charge in [0.05, 0.1) is 4.90 Å². The molecule has 0 radical (unpaired) electrons. The molecule has 0 fully saturated rings. The van der Waals surface area contributed by atoms with Gasteiger partial charge in [-0.25, -0.2) is 9.00 Å². The molecule has 31 heavy (non-hydrogen) atoms. The summed E-state index contributed by atoms with van der Waals surface area (Å²) < 4.78 is 14.8. The van der Waals surface area contributed by atoms with Crippen LogP contribution in [0.4, 0.5) is 10.5 Å². The third-order valence-corrected chi connectivity index (χ3v) is 5.90. The standard InChI is InChI=1S/C23H22ClN3O3S/c1-27(19-14-12-18(24)13-15-19)22(28)21(16-17-8-4-2-5-9-17)25-23(29)26-31(30)20-10-6-3-7-11-20/h2-15,21H,16H2,1H3,(H2,25,26,29). The highest BCUT2D eigenvalue weighted by Gasteiger charge is 2.26. The minimum Gasteiger partial charge on any atom is -0.325 e. The van der Waals surface area contributed by atoms with Crippen LogP contribution in [0, 0.1) is 0 Å². The second kappa shape index (κ2) is 10.7. The molecular formula is C23H22ClN3O3S. The number of rotatable bonds is 7. The molecule has 3 aromatic carbocycles. The lowest BCUT2D eigenvalue weighted by Gasteiger charge is -2.25. The van der Waals surface area contributed by atoms with Crippen LogP contribution < -0.4 is 14.9 Å². The van der Waals surface area contributed by atoms with Crippen molar-refractivity contribution in [1.29, 1.82) is 0 Å². The zero-order valence-corrected chi connectivity index (χ0v) is 18.4. The van der Waals surface area contributed by atoms with E-state index >= 15 is 0 Å². The molecule has 0 aliphatic heterocycles. The zero-order chi connectivity index (χ0) is 22.2. The van der Waals surface area contributed by atoms with E-state index in [0.717, 1.165) is 5.56 Å². The highest BCUT2D eigenvalue weighted by molar-refractivity contribution is 7.83. The summed E-state index contributed by atoms with van der Waals surface area (Å²) in [5.74, 6) is -0.313. The Kier molecular flexibility index (Phi) is 7.81. The van der Waals surface area contributed by atoms with Crippen LogP contribution in [0.1, 0.15) is 5.56 Å². The zero-order valence-electron chi connectivity index (χ0n) is 16.8. The molecule has 0 aliphatic rings. The van der Waals surface area contributed by atoms with Crippen molar-refractivity contribution in [2.75, 3.05) is 11.9 Å². The van der Waals surface area contributed by atoms with Crippen LogP contribution in [0.2, 0.25) is 5.02 Å². The lowest BCUT2D eigenvalue weighted by atomic mass is 10.0. The average molecular weight is 456 g/mol. The van der Waals surface area contributed by atoms with Crippen molar-refractivity contribution < 1.29 is 13.8 Å². The van der Waals surface area contributed by atoms with Crippen LogP contribution in [0.3, 0.4) is 0 Å². The van der Waals surface area contributed by atoms with E-state index in [9.17, 15) is 13.8 Å². The summed E-state index contributed by atoms with van der Waals surface area (Å²) in [6.07, 6.45) is 0.281. The molecule has 0 spiro atoms. The molecule has 0 saturated heterocycles. The molecule has 3 rings (SSSR count). The van der Waals surface area contributed by atoms with Gasteiger partial charge in [0.2, 0.25) is 5.91 Å². The molecular weight excluding hydrogens is 434 g/mol. The van der Waals surface area contributed by atoms with Crippen molar-refractivity contribution in [2.24, 2.45) is 0 Å². The van der Waals surface area contributed by atoms with Crippen LogP contribution in [0.15, 0.2) is 89.8 Å². The van der Waals surface area contributed by atoms with Gasteiger partial charge >= 0.3 is 6.03 Å². The highest BCUT2D eigenvalue weighted by atomic mass is 35.5. The molecule has 0 aliphatic carbocycles. The third kappa shape index (κ3) is 6.41.